The summed E-state index contributed by atoms with van der Waals surface area (Å²) in [5.41, 5.74) is 0.417. The fraction of sp³-hybridized carbons (Fsp3) is 0.929. The van der Waals surface area contributed by atoms with Gasteiger partial charge in [-0.1, -0.05) is 6.42 Å². The van der Waals surface area contributed by atoms with E-state index in [1.54, 1.807) is 14.2 Å². The molecule has 0 bridgehead atoms. The summed E-state index contributed by atoms with van der Waals surface area (Å²) in [7, 11) is 5.31. The van der Waals surface area contributed by atoms with Gasteiger partial charge in [-0.05, 0) is 31.1 Å². The minimum Gasteiger partial charge on any atom is -0.385 e. The molecule has 0 aliphatic heterocycles. The minimum absolute atomic E-state index is 0.417. The Kier molecular flexibility index (Phi) is 7.82. The highest BCUT2D eigenvalue weighted by atomic mass is 16.5. The Morgan fingerprint density at radius 2 is 1.89 bits per heavy atom. The molecule has 19 heavy (non-hydrogen) atoms. The normalized spacial score (nSPS) is 17.9. The molecule has 0 saturated heterocycles. The number of ether oxygens (including phenoxy) is 2. The SMILES string of the molecule is CN=C(NCCCOC)NCC1(CCOC)CCC1. The first-order valence-electron chi connectivity index (χ1n) is 7.19. The van der Waals surface area contributed by atoms with Crippen LogP contribution in [-0.2, 0) is 9.47 Å². The molecular formula is C14H29N3O2. The first-order chi connectivity index (χ1) is 9.26. The quantitative estimate of drug-likeness (QED) is 0.378. The van der Waals surface area contributed by atoms with Crippen LogP contribution in [0.25, 0.3) is 0 Å². The van der Waals surface area contributed by atoms with Crippen molar-refractivity contribution >= 4 is 5.96 Å². The Labute approximate surface area is 117 Å². The van der Waals surface area contributed by atoms with E-state index in [2.05, 4.69) is 15.6 Å². The smallest absolute Gasteiger partial charge is 0.190 e. The van der Waals surface area contributed by atoms with Gasteiger partial charge in [-0.15, -0.1) is 0 Å². The highest BCUT2D eigenvalue weighted by Gasteiger charge is 2.36. The number of aliphatic imine (C=N–C) groups is 1. The van der Waals surface area contributed by atoms with Crippen LogP contribution in [0.15, 0.2) is 4.99 Å². The second-order valence-electron chi connectivity index (χ2n) is 5.30. The zero-order chi connectivity index (χ0) is 14.0. The van der Waals surface area contributed by atoms with Crippen LogP contribution >= 0.6 is 0 Å². The molecule has 1 saturated carbocycles. The second kappa shape index (κ2) is 9.15. The highest BCUT2D eigenvalue weighted by molar-refractivity contribution is 5.79. The number of nitrogens with one attached hydrogen (secondary N) is 2. The van der Waals surface area contributed by atoms with Crippen LogP contribution < -0.4 is 10.6 Å². The van der Waals surface area contributed by atoms with E-state index >= 15 is 0 Å². The van der Waals surface area contributed by atoms with Gasteiger partial charge in [0.05, 0.1) is 0 Å². The lowest BCUT2D eigenvalue weighted by atomic mass is 9.67. The van der Waals surface area contributed by atoms with E-state index in [9.17, 15) is 0 Å². The Balaban J connectivity index is 2.23. The first-order valence-corrected chi connectivity index (χ1v) is 7.19. The molecule has 0 unspecified atom stereocenters. The van der Waals surface area contributed by atoms with Crippen molar-refractivity contribution in [3.8, 4) is 0 Å². The Morgan fingerprint density at radius 1 is 1.16 bits per heavy atom. The third kappa shape index (κ3) is 5.78. The molecule has 0 aromatic heterocycles. The third-order valence-electron chi connectivity index (χ3n) is 3.92. The zero-order valence-corrected chi connectivity index (χ0v) is 12.6. The molecule has 0 spiro atoms. The second-order valence-corrected chi connectivity index (χ2v) is 5.30. The Bertz CT molecular complexity index is 265. The van der Waals surface area contributed by atoms with Crippen molar-refractivity contribution in [2.75, 3.05) is 47.6 Å². The summed E-state index contributed by atoms with van der Waals surface area (Å²) >= 11 is 0. The van der Waals surface area contributed by atoms with Crippen molar-refractivity contribution in [1.82, 2.24) is 10.6 Å². The maximum Gasteiger partial charge on any atom is 0.190 e. The average Bonchev–Trinajstić information content (AvgIpc) is 2.39. The van der Waals surface area contributed by atoms with Gasteiger partial charge < -0.3 is 20.1 Å². The van der Waals surface area contributed by atoms with Crippen molar-refractivity contribution in [1.29, 1.82) is 0 Å². The monoisotopic (exact) mass is 271 g/mol. The maximum absolute atomic E-state index is 5.21. The molecule has 1 rings (SSSR count). The van der Waals surface area contributed by atoms with Gasteiger partial charge in [0.1, 0.15) is 0 Å². The Hall–Kier alpha value is -0.810. The molecule has 1 aliphatic carbocycles. The van der Waals surface area contributed by atoms with Gasteiger partial charge >= 0.3 is 0 Å². The number of rotatable bonds is 9. The minimum atomic E-state index is 0.417. The van der Waals surface area contributed by atoms with Crippen molar-refractivity contribution in [3.63, 3.8) is 0 Å². The molecule has 0 heterocycles. The van der Waals surface area contributed by atoms with E-state index < -0.39 is 0 Å². The largest absolute Gasteiger partial charge is 0.385 e. The molecule has 1 aliphatic rings. The molecular weight excluding hydrogens is 242 g/mol. The molecule has 0 aromatic carbocycles. The number of hydrogen-bond donors (Lipinski definition) is 2. The van der Waals surface area contributed by atoms with Crippen LogP contribution in [0.1, 0.15) is 32.1 Å². The summed E-state index contributed by atoms with van der Waals surface area (Å²) in [5, 5.41) is 6.75. The lowest BCUT2D eigenvalue weighted by Gasteiger charge is -2.42. The van der Waals surface area contributed by atoms with Gasteiger partial charge in [-0.3, -0.25) is 4.99 Å². The molecule has 5 nitrogen and oxygen atoms in total. The van der Waals surface area contributed by atoms with Crippen molar-refractivity contribution in [2.45, 2.75) is 32.1 Å². The van der Waals surface area contributed by atoms with E-state index in [1.807, 2.05) is 7.05 Å². The molecule has 0 radical (unpaired) electrons. The lowest BCUT2D eigenvalue weighted by Crippen LogP contribution is -2.47. The van der Waals surface area contributed by atoms with E-state index in [0.29, 0.717) is 5.41 Å². The highest BCUT2D eigenvalue weighted by Crippen LogP contribution is 2.43. The zero-order valence-electron chi connectivity index (χ0n) is 12.6. The van der Waals surface area contributed by atoms with Crippen LogP contribution in [0, 0.1) is 5.41 Å². The van der Waals surface area contributed by atoms with Crippen molar-refractivity contribution < 1.29 is 9.47 Å². The summed E-state index contributed by atoms with van der Waals surface area (Å²) in [6, 6.07) is 0. The van der Waals surface area contributed by atoms with Gasteiger partial charge in [-0.25, -0.2) is 0 Å². The Morgan fingerprint density at radius 3 is 2.42 bits per heavy atom. The average molecular weight is 271 g/mol. The molecule has 5 heteroatoms. The first kappa shape index (κ1) is 16.2. The van der Waals surface area contributed by atoms with Crippen LogP contribution in [0.4, 0.5) is 0 Å². The van der Waals surface area contributed by atoms with Gasteiger partial charge in [0.25, 0.3) is 0 Å². The summed E-state index contributed by atoms with van der Waals surface area (Å²) in [6.07, 6.45) is 6.06. The predicted octanol–water partition coefficient (Wildman–Crippen LogP) is 1.39. The van der Waals surface area contributed by atoms with Gasteiger partial charge in [0, 0.05) is 47.6 Å². The van der Waals surface area contributed by atoms with Crippen LogP contribution in [0.3, 0.4) is 0 Å². The van der Waals surface area contributed by atoms with Gasteiger partial charge in [0.2, 0.25) is 0 Å². The van der Waals surface area contributed by atoms with Crippen LogP contribution in [0.5, 0.6) is 0 Å². The lowest BCUT2D eigenvalue weighted by molar-refractivity contribution is 0.0732. The number of hydrogen-bond acceptors (Lipinski definition) is 3. The van der Waals surface area contributed by atoms with Gasteiger partial charge in [0.15, 0.2) is 5.96 Å². The fourth-order valence-electron chi connectivity index (χ4n) is 2.43. The summed E-state index contributed by atoms with van der Waals surface area (Å²) in [6.45, 7) is 3.50. The molecule has 2 N–H and O–H groups in total. The number of methoxy groups -OCH3 is 2. The molecule has 112 valence electrons. The molecule has 1 fully saturated rings. The summed E-state index contributed by atoms with van der Waals surface area (Å²) in [4.78, 5) is 4.25. The predicted molar refractivity (Wildman–Crippen MR) is 78.6 cm³/mol. The van der Waals surface area contributed by atoms with E-state index in [4.69, 9.17) is 9.47 Å². The summed E-state index contributed by atoms with van der Waals surface area (Å²) < 4.78 is 10.2. The summed E-state index contributed by atoms with van der Waals surface area (Å²) in [5.74, 6) is 0.889. The molecule has 0 amide bonds. The topological polar surface area (TPSA) is 54.9 Å². The number of guanidine groups is 1. The maximum atomic E-state index is 5.21. The van der Waals surface area contributed by atoms with Gasteiger partial charge in [-0.2, -0.15) is 0 Å². The fourth-order valence-corrected chi connectivity index (χ4v) is 2.43. The number of nitrogens with zero attached hydrogens (tertiary/aromatic N) is 1. The van der Waals surface area contributed by atoms with E-state index in [1.165, 1.54) is 19.3 Å². The van der Waals surface area contributed by atoms with E-state index in [-0.39, 0.29) is 0 Å². The standard InChI is InChI=1S/C14H29N3O2/c1-15-13(16-9-5-10-18-2)17-12-14(6-4-7-14)8-11-19-3/h4-12H2,1-3H3,(H2,15,16,17). The molecule has 0 atom stereocenters. The van der Waals surface area contributed by atoms with E-state index in [0.717, 1.165) is 45.1 Å². The van der Waals surface area contributed by atoms with Crippen molar-refractivity contribution in [3.05, 3.63) is 0 Å². The van der Waals surface area contributed by atoms with Crippen LogP contribution in [-0.4, -0.2) is 53.5 Å². The van der Waals surface area contributed by atoms with Crippen LogP contribution in [0.2, 0.25) is 0 Å². The van der Waals surface area contributed by atoms with Crippen molar-refractivity contribution in [2.24, 2.45) is 10.4 Å². The third-order valence-corrected chi connectivity index (χ3v) is 3.92. The molecule has 0 aromatic rings.